The Bertz CT molecular complexity index is 456. The van der Waals surface area contributed by atoms with Crippen molar-refractivity contribution < 1.29 is 13.6 Å². The Labute approximate surface area is 91.8 Å². The van der Waals surface area contributed by atoms with Crippen LogP contribution in [0.4, 0.5) is 8.78 Å². The Morgan fingerprint density at radius 1 is 1.67 bits per heavy atom. The number of alkyl halides is 2. The number of hydrogen-bond acceptors (Lipinski definition) is 3. The van der Waals surface area contributed by atoms with E-state index in [1.807, 2.05) is 0 Å². The summed E-state index contributed by atoms with van der Waals surface area (Å²) >= 11 is 2.86. The summed E-state index contributed by atoms with van der Waals surface area (Å²) in [6.45, 7) is 0. The molecular weight excluding hydrogens is 272 g/mol. The predicted molar refractivity (Wildman–Crippen MR) is 50.1 cm³/mol. The molecular formula is C8H4BrF2N3O. The minimum atomic E-state index is -2.88. The number of carbonyl (C=O) groups is 1. The number of nitrogens with two attached hydrogens (primary N) is 1. The molecule has 0 aromatic carbocycles. The van der Waals surface area contributed by atoms with Gasteiger partial charge >= 0.3 is 0 Å². The number of nitrogens with zero attached hydrogens (tertiary/aromatic N) is 2. The lowest BCUT2D eigenvalue weighted by atomic mass is 10.1. The van der Waals surface area contributed by atoms with Gasteiger partial charge in [0.15, 0.2) is 0 Å². The first kappa shape index (κ1) is 11.5. The van der Waals surface area contributed by atoms with Crippen LogP contribution in [0.2, 0.25) is 0 Å². The summed E-state index contributed by atoms with van der Waals surface area (Å²) in [6.07, 6.45) is -2.04. The van der Waals surface area contributed by atoms with E-state index in [4.69, 9.17) is 11.0 Å². The molecule has 0 fully saturated rings. The number of hydrogen-bond donors (Lipinski definition) is 1. The summed E-state index contributed by atoms with van der Waals surface area (Å²) in [6, 6.07) is 1.52. The summed E-state index contributed by atoms with van der Waals surface area (Å²) in [5.41, 5.74) is 3.58. The zero-order valence-electron chi connectivity index (χ0n) is 7.17. The van der Waals surface area contributed by atoms with Gasteiger partial charge < -0.3 is 5.73 Å². The smallest absolute Gasteiger partial charge is 0.266 e. The highest BCUT2D eigenvalue weighted by atomic mass is 79.9. The molecule has 15 heavy (non-hydrogen) atoms. The molecule has 1 amide bonds. The maximum atomic E-state index is 12.4. The van der Waals surface area contributed by atoms with E-state index < -0.39 is 23.5 Å². The highest BCUT2D eigenvalue weighted by Gasteiger charge is 2.22. The van der Waals surface area contributed by atoms with Crippen LogP contribution in [-0.2, 0) is 0 Å². The standard InChI is InChI=1S/C8H4BrF2N3O/c9-6-5(8(13)15)3(1-12)4(2-14-6)7(10)11/h2,7H,(H2,13,15). The Hall–Kier alpha value is -1.55. The van der Waals surface area contributed by atoms with Gasteiger partial charge in [0, 0.05) is 6.20 Å². The fourth-order valence-electron chi connectivity index (χ4n) is 1.01. The Morgan fingerprint density at radius 3 is 2.67 bits per heavy atom. The summed E-state index contributed by atoms with van der Waals surface area (Å²) in [7, 11) is 0. The van der Waals surface area contributed by atoms with Crippen molar-refractivity contribution in [3.63, 3.8) is 0 Å². The van der Waals surface area contributed by atoms with Gasteiger partial charge in [-0.2, -0.15) is 5.26 Å². The monoisotopic (exact) mass is 275 g/mol. The molecule has 0 atom stereocenters. The topological polar surface area (TPSA) is 79.8 Å². The summed E-state index contributed by atoms with van der Waals surface area (Å²) in [5, 5.41) is 8.68. The van der Waals surface area contributed by atoms with Gasteiger partial charge in [-0.15, -0.1) is 0 Å². The van der Waals surface area contributed by atoms with Gasteiger partial charge in [-0.1, -0.05) is 0 Å². The van der Waals surface area contributed by atoms with Gasteiger partial charge in [-0.05, 0) is 15.9 Å². The SMILES string of the molecule is N#Cc1c(C(F)F)cnc(Br)c1C(N)=O. The first-order valence-electron chi connectivity index (χ1n) is 3.65. The maximum absolute atomic E-state index is 12.4. The minimum Gasteiger partial charge on any atom is -0.365 e. The molecule has 1 rings (SSSR count). The van der Waals surface area contributed by atoms with E-state index in [0.29, 0.717) is 0 Å². The molecule has 0 aliphatic heterocycles. The molecule has 4 nitrogen and oxygen atoms in total. The zero-order valence-corrected chi connectivity index (χ0v) is 8.75. The number of halogens is 3. The molecule has 78 valence electrons. The van der Waals surface area contributed by atoms with Crippen molar-refractivity contribution in [3.8, 4) is 6.07 Å². The molecule has 0 unspecified atom stereocenters. The number of aromatic nitrogens is 1. The average Bonchev–Trinajstić information content (AvgIpc) is 2.15. The van der Waals surface area contributed by atoms with Crippen molar-refractivity contribution in [2.24, 2.45) is 5.73 Å². The van der Waals surface area contributed by atoms with Crippen molar-refractivity contribution in [1.82, 2.24) is 4.98 Å². The minimum absolute atomic E-state index is 0.0176. The number of primary amides is 1. The van der Waals surface area contributed by atoms with Crippen molar-refractivity contribution in [3.05, 3.63) is 27.5 Å². The molecule has 0 aliphatic rings. The largest absolute Gasteiger partial charge is 0.365 e. The lowest BCUT2D eigenvalue weighted by Gasteiger charge is -2.06. The van der Waals surface area contributed by atoms with Crippen LogP contribution >= 0.6 is 15.9 Å². The van der Waals surface area contributed by atoms with Crippen LogP contribution in [0.1, 0.15) is 27.9 Å². The van der Waals surface area contributed by atoms with E-state index in [0.717, 1.165) is 6.20 Å². The first-order chi connectivity index (χ1) is 6.99. The molecule has 1 aromatic rings. The van der Waals surface area contributed by atoms with E-state index in [1.165, 1.54) is 6.07 Å². The number of amides is 1. The molecule has 7 heteroatoms. The van der Waals surface area contributed by atoms with Crippen LogP contribution in [0.5, 0.6) is 0 Å². The molecule has 0 saturated carbocycles. The highest BCUT2D eigenvalue weighted by molar-refractivity contribution is 9.10. The fraction of sp³-hybridized carbons (Fsp3) is 0.125. The second-order valence-electron chi connectivity index (χ2n) is 2.53. The van der Waals surface area contributed by atoms with Gasteiger partial charge in [-0.25, -0.2) is 13.8 Å². The second-order valence-corrected chi connectivity index (χ2v) is 3.28. The Morgan fingerprint density at radius 2 is 2.27 bits per heavy atom. The second kappa shape index (κ2) is 4.31. The zero-order chi connectivity index (χ0) is 11.6. The van der Waals surface area contributed by atoms with E-state index in [1.54, 1.807) is 0 Å². The van der Waals surface area contributed by atoms with Crippen LogP contribution in [0.3, 0.4) is 0 Å². The van der Waals surface area contributed by atoms with Crippen LogP contribution < -0.4 is 5.73 Å². The molecule has 1 heterocycles. The molecule has 2 N–H and O–H groups in total. The average molecular weight is 276 g/mol. The fourth-order valence-corrected chi connectivity index (χ4v) is 1.51. The van der Waals surface area contributed by atoms with Crippen LogP contribution in [0, 0.1) is 11.3 Å². The number of nitriles is 1. The molecule has 0 spiro atoms. The van der Waals surface area contributed by atoms with Crippen LogP contribution in [0.15, 0.2) is 10.8 Å². The Kier molecular flexibility index (Phi) is 3.31. The molecule has 0 bridgehead atoms. The molecule has 0 radical (unpaired) electrons. The van der Waals surface area contributed by atoms with Crippen molar-refractivity contribution in [1.29, 1.82) is 5.26 Å². The molecule has 0 saturated heterocycles. The quantitative estimate of drug-likeness (QED) is 0.835. The van der Waals surface area contributed by atoms with Crippen LogP contribution in [-0.4, -0.2) is 10.9 Å². The molecule has 0 aliphatic carbocycles. The lowest BCUT2D eigenvalue weighted by molar-refractivity contribution is 0.0998. The summed E-state index contributed by atoms with van der Waals surface area (Å²) < 4.78 is 24.8. The maximum Gasteiger partial charge on any atom is 0.266 e. The highest BCUT2D eigenvalue weighted by Crippen LogP contribution is 2.27. The third-order valence-electron chi connectivity index (χ3n) is 1.66. The van der Waals surface area contributed by atoms with Crippen molar-refractivity contribution in [2.75, 3.05) is 0 Å². The predicted octanol–water partition coefficient (Wildman–Crippen LogP) is 1.75. The number of pyridine rings is 1. The Balaban J connectivity index is 3.56. The number of rotatable bonds is 2. The van der Waals surface area contributed by atoms with Gasteiger partial charge in [0.2, 0.25) is 0 Å². The molecule has 1 aromatic heterocycles. The third kappa shape index (κ3) is 2.10. The summed E-state index contributed by atoms with van der Waals surface area (Å²) in [4.78, 5) is 14.4. The third-order valence-corrected chi connectivity index (χ3v) is 2.26. The number of carbonyl (C=O) groups excluding carboxylic acids is 1. The van der Waals surface area contributed by atoms with Crippen molar-refractivity contribution in [2.45, 2.75) is 6.43 Å². The lowest BCUT2D eigenvalue weighted by Crippen LogP contribution is -2.16. The summed E-state index contributed by atoms with van der Waals surface area (Å²) in [5.74, 6) is -0.978. The van der Waals surface area contributed by atoms with E-state index in [-0.39, 0.29) is 10.2 Å². The normalized spacial score (nSPS) is 10.1. The van der Waals surface area contributed by atoms with E-state index >= 15 is 0 Å². The van der Waals surface area contributed by atoms with Gasteiger partial charge in [-0.3, -0.25) is 4.79 Å². The van der Waals surface area contributed by atoms with Gasteiger partial charge in [0.05, 0.1) is 16.7 Å². The van der Waals surface area contributed by atoms with Gasteiger partial charge in [0.1, 0.15) is 10.7 Å². The van der Waals surface area contributed by atoms with E-state index in [9.17, 15) is 13.6 Å². The van der Waals surface area contributed by atoms with Crippen molar-refractivity contribution >= 4 is 21.8 Å². The van der Waals surface area contributed by atoms with Crippen LogP contribution in [0.25, 0.3) is 0 Å². The van der Waals surface area contributed by atoms with Gasteiger partial charge in [0.25, 0.3) is 12.3 Å². The first-order valence-corrected chi connectivity index (χ1v) is 4.44. The van der Waals surface area contributed by atoms with E-state index in [2.05, 4.69) is 20.9 Å².